The normalized spacial score (nSPS) is 13.5. The lowest BCUT2D eigenvalue weighted by Crippen LogP contribution is -2.31. The number of nitro groups is 1. The Morgan fingerprint density at radius 2 is 1.85 bits per heavy atom. The van der Waals surface area contributed by atoms with E-state index in [4.69, 9.17) is 9.47 Å². The molecule has 33 heavy (non-hydrogen) atoms. The number of amides is 3. The molecule has 0 bridgehead atoms. The second-order valence-electron chi connectivity index (χ2n) is 7.21. The molecule has 0 fully saturated rings. The number of nitrogens with zero attached hydrogens (tertiary/aromatic N) is 2. The monoisotopic (exact) mass is 455 g/mol. The van der Waals surface area contributed by atoms with Crippen LogP contribution in [0, 0.1) is 10.1 Å². The van der Waals surface area contributed by atoms with Gasteiger partial charge in [0.2, 0.25) is 0 Å². The fourth-order valence-corrected chi connectivity index (χ4v) is 3.21. The van der Waals surface area contributed by atoms with Crippen LogP contribution in [-0.4, -0.2) is 59.9 Å². The number of fused-ring (bicyclic) bond motifs is 1. The van der Waals surface area contributed by atoms with Crippen molar-refractivity contribution in [3.05, 3.63) is 69.3 Å². The molecule has 0 aromatic heterocycles. The first-order chi connectivity index (χ1) is 15.7. The predicted molar refractivity (Wildman–Crippen MR) is 115 cm³/mol. The SMILES string of the molecule is COCCCN1C(=O)c2ccc(C(=O)OC(C)C(=O)Nc3cccc([N+](=O)[O-])c3)cc2C1=O. The number of imide groups is 1. The van der Waals surface area contributed by atoms with Crippen LogP contribution >= 0.6 is 0 Å². The average molecular weight is 455 g/mol. The van der Waals surface area contributed by atoms with Gasteiger partial charge in [0.05, 0.1) is 21.6 Å². The molecule has 1 unspecified atom stereocenters. The number of nitrogens with one attached hydrogen (secondary N) is 1. The molecule has 1 atom stereocenters. The molecule has 1 aliphatic heterocycles. The molecular formula is C22H21N3O8. The summed E-state index contributed by atoms with van der Waals surface area (Å²) in [5, 5.41) is 13.3. The highest BCUT2D eigenvalue weighted by Crippen LogP contribution is 2.25. The number of carbonyl (C=O) groups excluding carboxylic acids is 4. The lowest BCUT2D eigenvalue weighted by molar-refractivity contribution is -0.384. The zero-order valence-corrected chi connectivity index (χ0v) is 17.9. The van der Waals surface area contributed by atoms with Crippen molar-refractivity contribution in [1.82, 2.24) is 4.90 Å². The fourth-order valence-electron chi connectivity index (χ4n) is 3.21. The summed E-state index contributed by atoms with van der Waals surface area (Å²) in [5.41, 5.74) is 0.244. The number of rotatable bonds is 9. The molecule has 0 spiro atoms. The van der Waals surface area contributed by atoms with Crippen LogP contribution in [0.5, 0.6) is 0 Å². The molecule has 0 aliphatic carbocycles. The van der Waals surface area contributed by atoms with Gasteiger partial charge in [-0.05, 0) is 37.6 Å². The number of methoxy groups -OCH3 is 1. The summed E-state index contributed by atoms with van der Waals surface area (Å²) in [4.78, 5) is 61.2. The van der Waals surface area contributed by atoms with E-state index in [0.29, 0.717) is 13.0 Å². The van der Waals surface area contributed by atoms with Crippen molar-refractivity contribution in [2.75, 3.05) is 25.6 Å². The molecule has 2 aromatic rings. The van der Waals surface area contributed by atoms with Gasteiger partial charge in [0.15, 0.2) is 6.10 Å². The summed E-state index contributed by atoms with van der Waals surface area (Å²) in [7, 11) is 1.52. The van der Waals surface area contributed by atoms with Crippen molar-refractivity contribution in [1.29, 1.82) is 0 Å². The number of ether oxygens (including phenoxy) is 2. The van der Waals surface area contributed by atoms with Gasteiger partial charge in [0.1, 0.15) is 0 Å². The summed E-state index contributed by atoms with van der Waals surface area (Å²) >= 11 is 0. The number of anilines is 1. The van der Waals surface area contributed by atoms with Gasteiger partial charge in [0.25, 0.3) is 23.4 Å². The van der Waals surface area contributed by atoms with E-state index in [9.17, 15) is 29.3 Å². The first-order valence-corrected chi connectivity index (χ1v) is 9.98. The number of benzene rings is 2. The molecule has 0 radical (unpaired) electrons. The third-order valence-electron chi connectivity index (χ3n) is 4.91. The molecule has 0 saturated heterocycles. The lowest BCUT2D eigenvalue weighted by Gasteiger charge is -2.14. The molecule has 3 amide bonds. The smallest absolute Gasteiger partial charge is 0.338 e. The number of nitro benzene ring substituents is 1. The molecule has 11 nitrogen and oxygen atoms in total. The summed E-state index contributed by atoms with van der Waals surface area (Å²) < 4.78 is 10.1. The molecule has 172 valence electrons. The molecule has 2 aromatic carbocycles. The largest absolute Gasteiger partial charge is 0.449 e. The minimum absolute atomic E-state index is 0.00337. The fraction of sp³-hybridized carbons (Fsp3) is 0.273. The maximum atomic E-state index is 12.6. The van der Waals surface area contributed by atoms with E-state index in [1.807, 2.05) is 0 Å². The van der Waals surface area contributed by atoms with E-state index in [-0.39, 0.29) is 34.6 Å². The maximum Gasteiger partial charge on any atom is 0.338 e. The van der Waals surface area contributed by atoms with Crippen molar-refractivity contribution < 1.29 is 33.6 Å². The van der Waals surface area contributed by atoms with E-state index in [1.54, 1.807) is 0 Å². The number of esters is 1. The highest BCUT2D eigenvalue weighted by molar-refractivity contribution is 6.22. The second-order valence-corrected chi connectivity index (χ2v) is 7.21. The second kappa shape index (κ2) is 10.0. The topological polar surface area (TPSA) is 145 Å². The quantitative estimate of drug-likeness (QED) is 0.199. The van der Waals surface area contributed by atoms with Gasteiger partial charge in [-0.1, -0.05) is 6.07 Å². The van der Waals surface area contributed by atoms with E-state index >= 15 is 0 Å². The standard InChI is InChI=1S/C22H21N3O8/c1-13(19(26)23-15-5-3-6-16(12-15)25(30)31)33-22(29)14-7-8-17-18(11-14)21(28)24(20(17)27)9-4-10-32-2/h3,5-8,11-13H,4,9-10H2,1-2H3,(H,23,26). The highest BCUT2D eigenvalue weighted by Gasteiger charge is 2.36. The number of hydrogen-bond acceptors (Lipinski definition) is 8. The first kappa shape index (κ1) is 23.5. The van der Waals surface area contributed by atoms with Crippen molar-refractivity contribution >= 4 is 35.1 Å². The van der Waals surface area contributed by atoms with Gasteiger partial charge in [-0.2, -0.15) is 0 Å². The molecular weight excluding hydrogens is 434 g/mol. The molecule has 1 N–H and O–H groups in total. The van der Waals surface area contributed by atoms with E-state index in [2.05, 4.69) is 5.32 Å². The predicted octanol–water partition coefficient (Wildman–Crippen LogP) is 2.41. The Balaban J connectivity index is 1.66. The third-order valence-corrected chi connectivity index (χ3v) is 4.91. The van der Waals surface area contributed by atoms with Crippen LogP contribution in [0.2, 0.25) is 0 Å². The Hall–Kier alpha value is -4.12. The average Bonchev–Trinajstić information content (AvgIpc) is 3.03. The zero-order valence-electron chi connectivity index (χ0n) is 17.9. The van der Waals surface area contributed by atoms with Gasteiger partial charge >= 0.3 is 5.97 Å². The van der Waals surface area contributed by atoms with Crippen LogP contribution in [0.25, 0.3) is 0 Å². The lowest BCUT2D eigenvalue weighted by atomic mass is 10.1. The van der Waals surface area contributed by atoms with Crippen molar-refractivity contribution in [2.24, 2.45) is 0 Å². The van der Waals surface area contributed by atoms with Crippen molar-refractivity contribution in [3.8, 4) is 0 Å². The van der Waals surface area contributed by atoms with Crippen LogP contribution < -0.4 is 5.32 Å². The van der Waals surface area contributed by atoms with Crippen molar-refractivity contribution in [3.63, 3.8) is 0 Å². The molecule has 11 heteroatoms. The molecule has 0 saturated carbocycles. The van der Waals surface area contributed by atoms with Crippen LogP contribution in [0.4, 0.5) is 11.4 Å². The molecule has 1 aliphatic rings. The van der Waals surface area contributed by atoms with Crippen molar-refractivity contribution in [2.45, 2.75) is 19.4 Å². The molecule has 1 heterocycles. The highest BCUT2D eigenvalue weighted by atomic mass is 16.6. The maximum absolute atomic E-state index is 12.6. The Labute approximate surface area is 188 Å². The number of carbonyl (C=O) groups is 4. The van der Waals surface area contributed by atoms with Gasteiger partial charge in [-0.3, -0.25) is 29.4 Å². The van der Waals surface area contributed by atoms with E-state index < -0.39 is 34.7 Å². The van der Waals surface area contributed by atoms with Crippen LogP contribution in [0.1, 0.15) is 44.4 Å². The Kier molecular flexibility index (Phi) is 7.13. The van der Waals surface area contributed by atoms with Gasteiger partial charge < -0.3 is 14.8 Å². The summed E-state index contributed by atoms with van der Waals surface area (Å²) in [6.07, 6.45) is -0.749. The Morgan fingerprint density at radius 3 is 2.55 bits per heavy atom. The minimum atomic E-state index is -1.23. The first-order valence-electron chi connectivity index (χ1n) is 9.98. The number of non-ortho nitro benzene ring substituents is 1. The summed E-state index contributed by atoms with van der Waals surface area (Å²) in [6, 6.07) is 9.30. The Bertz CT molecular complexity index is 1130. The van der Waals surface area contributed by atoms with Crippen LogP contribution in [0.3, 0.4) is 0 Å². The summed E-state index contributed by atoms with van der Waals surface area (Å²) in [5.74, 6) is -2.52. The third kappa shape index (κ3) is 5.21. The van der Waals surface area contributed by atoms with Gasteiger partial charge in [-0.15, -0.1) is 0 Å². The van der Waals surface area contributed by atoms with Gasteiger partial charge in [0, 0.05) is 38.1 Å². The summed E-state index contributed by atoms with van der Waals surface area (Å²) in [6.45, 7) is 1.92. The zero-order chi connectivity index (χ0) is 24.1. The van der Waals surface area contributed by atoms with Crippen LogP contribution in [-0.2, 0) is 14.3 Å². The Morgan fingerprint density at radius 1 is 1.12 bits per heavy atom. The minimum Gasteiger partial charge on any atom is -0.449 e. The van der Waals surface area contributed by atoms with E-state index in [0.717, 1.165) is 4.90 Å². The number of hydrogen-bond donors (Lipinski definition) is 1. The van der Waals surface area contributed by atoms with Gasteiger partial charge in [-0.25, -0.2) is 4.79 Å². The van der Waals surface area contributed by atoms with E-state index in [1.165, 1.54) is 56.5 Å². The van der Waals surface area contributed by atoms with Crippen LogP contribution in [0.15, 0.2) is 42.5 Å². The molecule has 3 rings (SSSR count).